The Bertz CT molecular complexity index is 338. The van der Waals surface area contributed by atoms with Crippen LogP contribution in [0.3, 0.4) is 0 Å². The van der Waals surface area contributed by atoms with Crippen LogP contribution in [0.2, 0.25) is 0 Å². The molecule has 2 aliphatic rings. The van der Waals surface area contributed by atoms with E-state index in [4.69, 9.17) is 4.74 Å². The molecule has 20 heavy (non-hydrogen) atoms. The van der Waals surface area contributed by atoms with Crippen molar-refractivity contribution in [3.8, 4) is 0 Å². The maximum atomic E-state index is 11.8. The highest BCUT2D eigenvalue weighted by Gasteiger charge is 2.37. The van der Waals surface area contributed by atoms with Crippen molar-refractivity contribution in [2.45, 2.75) is 89.9 Å². The van der Waals surface area contributed by atoms with Crippen molar-refractivity contribution in [2.24, 2.45) is 5.92 Å². The van der Waals surface area contributed by atoms with Crippen LogP contribution in [0, 0.1) is 5.92 Å². The molecule has 0 radical (unpaired) electrons. The highest BCUT2D eigenvalue weighted by atomic mass is 16.6. The van der Waals surface area contributed by atoms with Crippen LogP contribution >= 0.6 is 0 Å². The zero-order chi connectivity index (χ0) is 14.8. The molecule has 0 aromatic carbocycles. The molecule has 4 atom stereocenters. The molecule has 0 aromatic rings. The van der Waals surface area contributed by atoms with Crippen molar-refractivity contribution < 1.29 is 9.53 Å². The number of carbonyl (C=O) groups is 1. The van der Waals surface area contributed by atoms with Crippen molar-refractivity contribution in [3.05, 3.63) is 0 Å². The summed E-state index contributed by atoms with van der Waals surface area (Å²) in [5.41, 5.74) is -0.418. The SMILES string of the molecule is CCC1CC1NC1CCCC(NC(=O)OC(C)(C)C)C1. The molecule has 4 nitrogen and oxygen atoms in total. The van der Waals surface area contributed by atoms with Crippen LogP contribution < -0.4 is 10.6 Å². The summed E-state index contributed by atoms with van der Waals surface area (Å²) in [4.78, 5) is 11.8. The summed E-state index contributed by atoms with van der Waals surface area (Å²) in [7, 11) is 0. The zero-order valence-electron chi connectivity index (χ0n) is 13.4. The number of hydrogen-bond donors (Lipinski definition) is 2. The number of ether oxygens (including phenoxy) is 1. The predicted octanol–water partition coefficient (Wildman–Crippen LogP) is 3.21. The molecule has 116 valence electrons. The van der Waals surface area contributed by atoms with E-state index in [0.717, 1.165) is 24.8 Å². The predicted molar refractivity (Wildman–Crippen MR) is 80.7 cm³/mol. The molecule has 2 N–H and O–H groups in total. The molecule has 2 saturated carbocycles. The second-order valence-corrected chi connectivity index (χ2v) is 7.38. The summed E-state index contributed by atoms with van der Waals surface area (Å²) in [5, 5.41) is 6.78. The van der Waals surface area contributed by atoms with E-state index in [-0.39, 0.29) is 12.1 Å². The summed E-state index contributed by atoms with van der Waals surface area (Å²) in [6, 6.07) is 1.55. The first-order valence-electron chi connectivity index (χ1n) is 8.13. The summed E-state index contributed by atoms with van der Waals surface area (Å²) < 4.78 is 5.33. The number of hydrogen-bond acceptors (Lipinski definition) is 3. The third-order valence-electron chi connectivity index (χ3n) is 4.29. The average molecular weight is 282 g/mol. The highest BCUT2D eigenvalue weighted by molar-refractivity contribution is 5.68. The molecule has 0 heterocycles. The van der Waals surface area contributed by atoms with Gasteiger partial charge in [-0.15, -0.1) is 0 Å². The van der Waals surface area contributed by atoms with Gasteiger partial charge in [0.25, 0.3) is 0 Å². The van der Waals surface area contributed by atoms with Gasteiger partial charge < -0.3 is 15.4 Å². The van der Waals surface area contributed by atoms with Gasteiger partial charge in [-0.3, -0.25) is 0 Å². The number of amides is 1. The molecule has 0 spiro atoms. The Morgan fingerprint density at radius 3 is 2.50 bits per heavy atom. The minimum absolute atomic E-state index is 0.259. The van der Waals surface area contributed by atoms with Crippen LogP contribution in [-0.4, -0.2) is 29.8 Å². The Hall–Kier alpha value is -0.770. The summed E-state index contributed by atoms with van der Waals surface area (Å²) in [5.74, 6) is 0.884. The third-order valence-corrected chi connectivity index (χ3v) is 4.29. The Balaban J connectivity index is 1.72. The maximum absolute atomic E-state index is 11.8. The van der Waals surface area contributed by atoms with Gasteiger partial charge in [0.15, 0.2) is 0 Å². The van der Waals surface area contributed by atoms with Gasteiger partial charge >= 0.3 is 6.09 Å². The average Bonchev–Trinajstić information content (AvgIpc) is 3.05. The fraction of sp³-hybridized carbons (Fsp3) is 0.938. The van der Waals surface area contributed by atoms with Gasteiger partial charge in [-0.25, -0.2) is 4.79 Å². The Kier molecular flexibility index (Phi) is 4.95. The van der Waals surface area contributed by atoms with Crippen molar-refractivity contribution in [1.82, 2.24) is 10.6 Å². The van der Waals surface area contributed by atoms with E-state index in [1.807, 2.05) is 20.8 Å². The van der Waals surface area contributed by atoms with Gasteiger partial charge in [-0.1, -0.05) is 13.3 Å². The summed E-state index contributed by atoms with van der Waals surface area (Å²) in [6.45, 7) is 7.96. The Labute approximate surface area is 123 Å². The van der Waals surface area contributed by atoms with Crippen LogP contribution in [0.25, 0.3) is 0 Å². The number of rotatable bonds is 4. The van der Waals surface area contributed by atoms with Gasteiger partial charge in [-0.05, 0) is 58.8 Å². The van der Waals surface area contributed by atoms with E-state index in [2.05, 4.69) is 17.6 Å². The molecule has 0 aromatic heterocycles. The van der Waals surface area contributed by atoms with Crippen LogP contribution in [0.5, 0.6) is 0 Å². The smallest absolute Gasteiger partial charge is 0.407 e. The van der Waals surface area contributed by atoms with Crippen molar-refractivity contribution >= 4 is 6.09 Å². The van der Waals surface area contributed by atoms with Crippen molar-refractivity contribution in [1.29, 1.82) is 0 Å². The molecular formula is C16H30N2O2. The lowest BCUT2D eigenvalue weighted by Crippen LogP contribution is -2.46. The number of nitrogens with one attached hydrogen (secondary N) is 2. The van der Waals surface area contributed by atoms with Crippen molar-refractivity contribution in [2.75, 3.05) is 0 Å². The molecule has 4 heteroatoms. The van der Waals surface area contributed by atoms with Gasteiger partial charge in [0.1, 0.15) is 5.60 Å². The first kappa shape index (κ1) is 15.6. The first-order chi connectivity index (χ1) is 9.37. The maximum Gasteiger partial charge on any atom is 0.407 e. The molecule has 0 saturated heterocycles. The molecule has 1 amide bonds. The molecular weight excluding hydrogens is 252 g/mol. The molecule has 0 aliphatic heterocycles. The van der Waals surface area contributed by atoms with E-state index >= 15 is 0 Å². The lowest BCUT2D eigenvalue weighted by molar-refractivity contribution is 0.0488. The van der Waals surface area contributed by atoms with Crippen LogP contribution in [0.15, 0.2) is 0 Å². The standard InChI is InChI=1S/C16H30N2O2/c1-5-11-9-14(11)17-12-7-6-8-13(10-12)18-15(19)20-16(2,3)4/h11-14,17H,5-10H2,1-4H3,(H,18,19). The van der Waals surface area contributed by atoms with E-state index in [0.29, 0.717) is 6.04 Å². The molecule has 4 unspecified atom stereocenters. The van der Waals surface area contributed by atoms with Gasteiger partial charge in [0.2, 0.25) is 0 Å². The number of alkyl carbamates (subject to hydrolysis) is 1. The summed E-state index contributed by atoms with van der Waals surface area (Å²) >= 11 is 0. The van der Waals surface area contributed by atoms with Crippen LogP contribution in [0.1, 0.15) is 66.2 Å². The van der Waals surface area contributed by atoms with Gasteiger partial charge in [0.05, 0.1) is 0 Å². The van der Waals surface area contributed by atoms with Crippen molar-refractivity contribution in [3.63, 3.8) is 0 Å². The monoisotopic (exact) mass is 282 g/mol. The first-order valence-corrected chi connectivity index (χ1v) is 8.13. The van der Waals surface area contributed by atoms with Crippen LogP contribution in [0.4, 0.5) is 4.79 Å². The minimum atomic E-state index is -0.418. The normalized spacial score (nSPS) is 33.6. The van der Waals surface area contributed by atoms with E-state index < -0.39 is 5.60 Å². The van der Waals surface area contributed by atoms with E-state index in [9.17, 15) is 4.79 Å². The van der Waals surface area contributed by atoms with E-state index in [1.165, 1.54) is 25.7 Å². The Morgan fingerprint density at radius 2 is 1.90 bits per heavy atom. The summed E-state index contributed by atoms with van der Waals surface area (Å²) in [6.07, 6.45) is 6.86. The molecule has 0 bridgehead atoms. The quantitative estimate of drug-likeness (QED) is 0.832. The second kappa shape index (κ2) is 6.33. The lowest BCUT2D eigenvalue weighted by Gasteiger charge is -2.31. The largest absolute Gasteiger partial charge is 0.444 e. The minimum Gasteiger partial charge on any atom is -0.444 e. The third kappa shape index (κ3) is 4.97. The topological polar surface area (TPSA) is 50.4 Å². The fourth-order valence-corrected chi connectivity index (χ4v) is 3.15. The van der Waals surface area contributed by atoms with E-state index in [1.54, 1.807) is 0 Å². The highest BCUT2D eigenvalue weighted by Crippen LogP contribution is 2.34. The fourth-order valence-electron chi connectivity index (χ4n) is 3.15. The lowest BCUT2D eigenvalue weighted by atomic mass is 9.91. The Morgan fingerprint density at radius 1 is 1.20 bits per heavy atom. The second-order valence-electron chi connectivity index (χ2n) is 7.38. The zero-order valence-corrected chi connectivity index (χ0v) is 13.4. The molecule has 2 rings (SSSR count). The van der Waals surface area contributed by atoms with Gasteiger partial charge in [-0.2, -0.15) is 0 Å². The molecule has 2 aliphatic carbocycles. The molecule has 2 fully saturated rings. The van der Waals surface area contributed by atoms with Gasteiger partial charge in [0, 0.05) is 18.1 Å². The van der Waals surface area contributed by atoms with Crippen LogP contribution in [-0.2, 0) is 4.74 Å². The number of carbonyl (C=O) groups excluding carboxylic acids is 1.